The molecule has 1 aliphatic heterocycles. The first-order chi connectivity index (χ1) is 19.9. The molecule has 1 saturated heterocycles. The van der Waals surface area contributed by atoms with Gasteiger partial charge in [0.15, 0.2) is 0 Å². The summed E-state index contributed by atoms with van der Waals surface area (Å²) in [6.45, 7) is 1.84. The van der Waals surface area contributed by atoms with Crippen molar-refractivity contribution in [1.82, 2.24) is 4.90 Å². The maximum atomic E-state index is 13.8. The van der Waals surface area contributed by atoms with Gasteiger partial charge in [-0.15, -0.1) is 0 Å². The predicted octanol–water partition coefficient (Wildman–Crippen LogP) is 5.26. The Balaban J connectivity index is 1.41. The van der Waals surface area contributed by atoms with Gasteiger partial charge in [0.25, 0.3) is 0 Å². The maximum Gasteiger partial charge on any atom is 0.234 e. The first-order valence-corrected chi connectivity index (χ1v) is 14.9. The smallest absolute Gasteiger partial charge is 0.234 e. The molecule has 0 spiro atoms. The van der Waals surface area contributed by atoms with Gasteiger partial charge in [0.05, 0.1) is 24.5 Å². The van der Waals surface area contributed by atoms with Crippen LogP contribution in [0.3, 0.4) is 0 Å². The lowest BCUT2D eigenvalue weighted by Gasteiger charge is -2.36. The van der Waals surface area contributed by atoms with E-state index in [4.69, 9.17) is 4.74 Å². The largest absolute Gasteiger partial charge is 0.508 e. The minimum Gasteiger partial charge on any atom is -0.508 e. The summed E-state index contributed by atoms with van der Waals surface area (Å²) in [5.41, 5.74) is 3.34. The minimum absolute atomic E-state index is 0.0729. The van der Waals surface area contributed by atoms with Gasteiger partial charge in [-0.2, -0.15) is 0 Å². The quantitative estimate of drug-likeness (QED) is 0.271. The molecule has 0 aromatic heterocycles. The number of para-hydroxylation sites is 1. The van der Waals surface area contributed by atoms with E-state index < -0.39 is 23.9 Å². The standard InChI is InChI=1S/C34H41NO6/c1-22(17-23-9-8-12-26(37)18-23)15-16-30(38)31-24(21-41-27-13-6-3-7-14-27)19-28-32(29(31)20-36)34(40)35(33(28)39)25-10-4-2-5-11-25/h3,6-9,12-14,17-18,25,28-30,32,36-38H,2,4-5,10-11,15-16,19-21H2,1H3/b22-17+/t28-,29+,30-,32-/m1/s1. The molecular weight excluding hydrogens is 518 g/mol. The van der Waals surface area contributed by atoms with Crippen molar-refractivity contribution >= 4 is 17.9 Å². The van der Waals surface area contributed by atoms with Gasteiger partial charge in [-0.25, -0.2) is 0 Å². The third-order valence-electron chi connectivity index (χ3n) is 8.97. The highest BCUT2D eigenvalue weighted by molar-refractivity contribution is 6.06. The number of rotatable bonds is 10. The number of imide groups is 1. The van der Waals surface area contributed by atoms with E-state index in [9.17, 15) is 24.9 Å². The third kappa shape index (κ3) is 6.41. The number of nitrogens with zero attached hydrogens (tertiary/aromatic N) is 1. The van der Waals surface area contributed by atoms with Gasteiger partial charge in [0, 0.05) is 12.0 Å². The average molecular weight is 560 g/mol. The number of carbonyl (C=O) groups excluding carboxylic acids is 2. The summed E-state index contributed by atoms with van der Waals surface area (Å²) < 4.78 is 6.09. The summed E-state index contributed by atoms with van der Waals surface area (Å²) in [5, 5.41) is 32.0. The lowest BCUT2D eigenvalue weighted by molar-refractivity contribution is -0.143. The number of carbonyl (C=O) groups is 2. The molecule has 7 heteroatoms. The number of aliphatic hydroxyl groups excluding tert-OH is 2. The van der Waals surface area contributed by atoms with Crippen LogP contribution in [-0.4, -0.2) is 57.4 Å². The Bertz CT molecular complexity index is 1300. The topological polar surface area (TPSA) is 107 Å². The zero-order valence-corrected chi connectivity index (χ0v) is 23.7. The van der Waals surface area contributed by atoms with Crippen LogP contribution in [0.15, 0.2) is 71.3 Å². The zero-order valence-electron chi connectivity index (χ0n) is 23.7. The van der Waals surface area contributed by atoms with E-state index in [1.54, 1.807) is 18.2 Å². The Labute approximate surface area is 242 Å². The van der Waals surface area contributed by atoms with Crippen LogP contribution in [0.4, 0.5) is 0 Å². The number of aromatic hydroxyl groups is 1. The van der Waals surface area contributed by atoms with Crippen LogP contribution in [0.2, 0.25) is 0 Å². The fraction of sp³-hybridized carbons (Fsp3) is 0.471. The highest BCUT2D eigenvalue weighted by Gasteiger charge is 2.56. The number of ether oxygens (including phenoxy) is 1. The molecule has 2 aliphatic carbocycles. The molecule has 4 atom stereocenters. The van der Waals surface area contributed by atoms with Crippen molar-refractivity contribution in [3.05, 3.63) is 76.9 Å². The Kier molecular flexibility index (Phi) is 9.25. The van der Waals surface area contributed by atoms with Crippen LogP contribution >= 0.6 is 0 Å². The molecule has 0 unspecified atom stereocenters. The van der Waals surface area contributed by atoms with Gasteiger partial charge in [0.1, 0.15) is 18.1 Å². The summed E-state index contributed by atoms with van der Waals surface area (Å²) in [7, 11) is 0. The zero-order chi connectivity index (χ0) is 28.9. The Morgan fingerprint density at radius 1 is 1.05 bits per heavy atom. The van der Waals surface area contributed by atoms with E-state index in [2.05, 4.69) is 0 Å². The van der Waals surface area contributed by atoms with Crippen LogP contribution in [0.5, 0.6) is 11.5 Å². The number of fused-ring (bicyclic) bond motifs is 1. The van der Waals surface area contributed by atoms with Gasteiger partial charge < -0.3 is 20.1 Å². The molecule has 41 heavy (non-hydrogen) atoms. The van der Waals surface area contributed by atoms with Crippen molar-refractivity contribution in [3.63, 3.8) is 0 Å². The molecule has 3 aliphatic rings. The molecule has 3 N–H and O–H groups in total. The Morgan fingerprint density at radius 3 is 2.51 bits per heavy atom. The van der Waals surface area contributed by atoms with Gasteiger partial charge >= 0.3 is 0 Å². The Hall–Kier alpha value is -3.42. The molecule has 5 rings (SSSR count). The number of aliphatic hydroxyl groups is 2. The molecule has 2 aromatic carbocycles. The van der Waals surface area contributed by atoms with Crippen LogP contribution in [0, 0.1) is 17.8 Å². The second-order valence-corrected chi connectivity index (χ2v) is 11.8. The number of amides is 2. The highest BCUT2D eigenvalue weighted by Crippen LogP contribution is 2.47. The molecule has 0 bridgehead atoms. The summed E-state index contributed by atoms with van der Waals surface area (Å²) >= 11 is 0. The molecule has 2 amide bonds. The van der Waals surface area contributed by atoms with Crippen molar-refractivity contribution in [3.8, 4) is 11.5 Å². The molecule has 0 radical (unpaired) electrons. The van der Waals surface area contributed by atoms with Gasteiger partial charge in [-0.05, 0) is 80.0 Å². The number of allylic oxidation sites excluding steroid dienone is 1. The number of hydrogen-bond acceptors (Lipinski definition) is 6. The van der Waals surface area contributed by atoms with Crippen molar-refractivity contribution < 1.29 is 29.6 Å². The predicted molar refractivity (Wildman–Crippen MR) is 157 cm³/mol. The molecule has 1 saturated carbocycles. The van der Waals surface area contributed by atoms with Gasteiger partial charge in [-0.3, -0.25) is 14.5 Å². The molecular formula is C34H41NO6. The summed E-state index contributed by atoms with van der Waals surface area (Å²) in [5.74, 6) is -1.31. The number of benzene rings is 2. The first kappa shape index (κ1) is 29.1. The van der Waals surface area contributed by atoms with E-state index in [-0.39, 0.29) is 36.8 Å². The SMILES string of the molecule is C/C(=C\c1cccc(O)c1)CC[C@@H](O)C1=C(COc2ccccc2)C[C@H]2C(=O)N(C3CCCCC3)C(=O)[C@H]2[C@H]1CO. The summed E-state index contributed by atoms with van der Waals surface area (Å²) in [4.78, 5) is 29.0. The molecule has 2 fully saturated rings. The van der Waals surface area contributed by atoms with Crippen LogP contribution in [-0.2, 0) is 9.59 Å². The maximum absolute atomic E-state index is 13.8. The van der Waals surface area contributed by atoms with E-state index in [1.807, 2.05) is 49.4 Å². The van der Waals surface area contributed by atoms with Crippen LogP contribution < -0.4 is 4.74 Å². The normalized spacial score (nSPS) is 24.5. The monoisotopic (exact) mass is 559 g/mol. The van der Waals surface area contributed by atoms with Crippen LogP contribution in [0.1, 0.15) is 63.9 Å². The molecule has 2 aromatic rings. The Morgan fingerprint density at radius 2 is 1.80 bits per heavy atom. The number of hydrogen-bond donors (Lipinski definition) is 3. The van der Waals surface area contributed by atoms with Gasteiger partial charge in [0.2, 0.25) is 11.8 Å². The third-order valence-corrected chi connectivity index (χ3v) is 8.97. The van der Waals surface area contributed by atoms with E-state index in [1.165, 1.54) is 4.90 Å². The summed E-state index contributed by atoms with van der Waals surface area (Å²) in [6, 6.07) is 16.3. The second kappa shape index (κ2) is 13.0. The first-order valence-electron chi connectivity index (χ1n) is 14.9. The van der Waals surface area contributed by atoms with E-state index in [0.29, 0.717) is 30.6 Å². The lowest BCUT2D eigenvalue weighted by Crippen LogP contribution is -2.42. The van der Waals surface area contributed by atoms with Crippen molar-refractivity contribution in [2.24, 2.45) is 17.8 Å². The second-order valence-electron chi connectivity index (χ2n) is 11.8. The summed E-state index contributed by atoms with van der Waals surface area (Å²) in [6.07, 6.45) is 7.19. The highest BCUT2D eigenvalue weighted by atomic mass is 16.5. The fourth-order valence-corrected chi connectivity index (χ4v) is 6.99. The minimum atomic E-state index is -0.901. The number of phenolic OH excluding ortho intramolecular Hbond substituents is 1. The molecule has 218 valence electrons. The fourth-order valence-electron chi connectivity index (χ4n) is 6.99. The van der Waals surface area contributed by atoms with Crippen LogP contribution in [0.25, 0.3) is 6.08 Å². The number of phenols is 1. The van der Waals surface area contributed by atoms with Crippen molar-refractivity contribution in [2.75, 3.05) is 13.2 Å². The van der Waals surface area contributed by atoms with E-state index >= 15 is 0 Å². The van der Waals surface area contributed by atoms with Crippen molar-refractivity contribution in [2.45, 2.75) is 70.4 Å². The molecule has 7 nitrogen and oxygen atoms in total. The lowest BCUT2D eigenvalue weighted by atomic mass is 9.68. The van der Waals surface area contributed by atoms with Gasteiger partial charge in [-0.1, -0.05) is 61.2 Å². The molecule has 1 heterocycles. The average Bonchev–Trinajstić information content (AvgIpc) is 3.23. The number of likely N-dealkylation sites (tertiary alicyclic amines) is 1. The van der Waals surface area contributed by atoms with E-state index in [0.717, 1.165) is 48.8 Å². The van der Waals surface area contributed by atoms with Crippen molar-refractivity contribution in [1.29, 1.82) is 0 Å².